The number of hydrogen-bond acceptors (Lipinski definition) is 6. The van der Waals surface area contributed by atoms with Crippen molar-refractivity contribution in [2.24, 2.45) is 5.92 Å². The van der Waals surface area contributed by atoms with Gasteiger partial charge in [0.1, 0.15) is 0 Å². The van der Waals surface area contributed by atoms with Crippen LogP contribution in [-0.2, 0) is 16.6 Å². The predicted octanol–water partition coefficient (Wildman–Crippen LogP) is 2.68. The molecule has 1 aliphatic rings. The van der Waals surface area contributed by atoms with E-state index in [0.717, 1.165) is 10.9 Å². The van der Waals surface area contributed by atoms with Crippen molar-refractivity contribution in [1.82, 2.24) is 14.6 Å². The highest BCUT2D eigenvalue weighted by atomic mass is 32.2. The second-order valence-electron chi connectivity index (χ2n) is 7.16. The zero-order valence-electron chi connectivity index (χ0n) is 16.1. The smallest absolute Gasteiger partial charge is 0.287 e. The second kappa shape index (κ2) is 8.26. The number of carbonyl (C=O) groups excluding carboxylic acids is 1. The third kappa shape index (κ3) is 4.06. The van der Waals surface area contributed by atoms with Crippen LogP contribution in [0.2, 0.25) is 0 Å². The van der Waals surface area contributed by atoms with E-state index in [1.54, 1.807) is 48.8 Å². The third-order valence-electron chi connectivity index (χ3n) is 5.20. The minimum atomic E-state index is -3.58. The van der Waals surface area contributed by atoms with Crippen LogP contribution in [0.3, 0.4) is 0 Å². The van der Waals surface area contributed by atoms with Crippen LogP contribution in [0.1, 0.15) is 29.0 Å². The highest BCUT2D eigenvalue weighted by molar-refractivity contribution is 7.89. The first kappa shape index (κ1) is 20.1. The van der Waals surface area contributed by atoms with E-state index in [-0.39, 0.29) is 29.0 Å². The molecular formula is C21H20N4O4S. The number of hydrogen-bond donors (Lipinski definition) is 1. The molecule has 0 radical (unpaired) electrons. The van der Waals surface area contributed by atoms with E-state index in [0.29, 0.717) is 31.5 Å². The largest absolute Gasteiger partial charge is 0.449 e. The third-order valence-corrected chi connectivity index (χ3v) is 7.11. The van der Waals surface area contributed by atoms with Crippen molar-refractivity contribution in [1.29, 1.82) is 5.26 Å². The zero-order valence-corrected chi connectivity index (χ0v) is 16.9. The summed E-state index contributed by atoms with van der Waals surface area (Å²) < 4.78 is 32.5. The Morgan fingerprint density at radius 1 is 1.23 bits per heavy atom. The first-order chi connectivity index (χ1) is 14.5. The number of furan rings is 1. The molecular weight excluding hydrogens is 404 g/mol. The molecule has 8 nitrogen and oxygen atoms in total. The van der Waals surface area contributed by atoms with Gasteiger partial charge >= 0.3 is 0 Å². The van der Waals surface area contributed by atoms with Crippen LogP contribution in [0.4, 0.5) is 0 Å². The lowest BCUT2D eigenvalue weighted by atomic mass is 10.0. The molecule has 30 heavy (non-hydrogen) atoms. The molecule has 154 valence electrons. The molecule has 9 heteroatoms. The van der Waals surface area contributed by atoms with Crippen molar-refractivity contribution in [3.63, 3.8) is 0 Å². The number of fused-ring (bicyclic) bond motifs is 1. The Morgan fingerprint density at radius 2 is 1.97 bits per heavy atom. The summed E-state index contributed by atoms with van der Waals surface area (Å²) in [5.74, 6) is -0.244. The van der Waals surface area contributed by atoms with Gasteiger partial charge in [0, 0.05) is 37.1 Å². The van der Waals surface area contributed by atoms with Gasteiger partial charge in [-0.3, -0.25) is 9.78 Å². The Balaban J connectivity index is 1.38. The summed E-state index contributed by atoms with van der Waals surface area (Å²) in [4.78, 5) is 16.5. The van der Waals surface area contributed by atoms with E-state index in [1.807, 2.05) is 0 Å². The SMILES string of the molecule is N#CC1CCN(S(=O)(=O)c2ccc(CNC(=O)c3cc4ccncc4o3)cc2)CC1. The van der Waals surface area contributed by atoms with Crippen LogP contribution in [0.5, 0.6) is 0 Å². The van der Waals surface area contributed by atoms with E-state index in [2.05, 4.69) is 16.4 Å². The van der Waals surface area contributed by atoms with Gasteiger partial charge in [0.15, 0.2) is 11.3 Å². The normalized spacial score (nSPS) is 15.7. The molecule has 1 aliphatic heterocycles. The summed E-state index contributed by atoms with van der Waals surface area (Å²) in [6.07, 6.45) is 4.28. The van der Waals surface area contributed by atoms with Gasteiger partial charge in [-0.05, 0) is 42.7 Å². The van der Waals surface area contributed by atoms with Gasteiger partial charge in [0.2, 0.25) is 10.0 Å². The molecule has 1 N–H and O–H groups in total. The van der Waals surface area contributed by atoms with Crippen molar-refractivity contribution in [3.8, 4) is 6.07 Å². The number of carbonyl (C=O) groups is 1. The zero-order chi connectivity index (χ0) is 21.1. The monoisotopic (exact) mass is 424 g/mol. The van der Waals surface area contributed by atoms with Crippen LogP contribution < -0.4 is 5.32 Å². The number of aromatic nitrogens is 1. The van der Waals surface area contributed by atoms with E-state index in [1.165, 1.54) is 4.31 Å². The highest BCUT2D eigenvalue weighted by Crippen LogP contribution is 2.24. The fourth-order valence-corrected chi connectivity index (χ4v) is 4.89. The fourth-order valence-electron chi connectivity index (χ4n) is 3.42. The Kier molecular flexibility index (Phi) is 5.53. The summed E-state index contributed by atoms with van der Waals surface area (Å²) in [7, 11) is -3.58. The first-order valence-electron chi connectivity index (χ1n) is 9.58. The number of pyridine rings is 1. The van der Waals surface area contributed by atoms with Crippen LogP contribution in [-0.4, -0.2) is 36.7 Å². The lowest BCUT2D eigenvalue weighted by molar-refractivity contribution is 0.0925. The second-order valence-corrected chi connectivity index (χ2v) is 9.10. The number of amides is 1. The Bertz CT molecular complexity index is 1170. The Labute approximate surface area is 174 Å². The Morgan fingerprint density at radius 3 is 2.63 bits per heavy atom. The van der Waals surface area contributed by atoms with Crippen LogP contribution >= 0.6 is 0 Å². The van der Waals surface area contributed by atoms with E-state index < -0.39 is 10.0 Å². The highest BCUT2D eigenvalue weighted by Gasteiger charge is 2.29. The number of nitriles is 1. The van der Waals surface area contributed by atoms with E-state index >= 15 is 0 Å². The van der Waals surface area contributed by atoms with Crippen molar-refractivity contribution < 1.29 is 17.6 Å². The number of sulfonamides is 1. The number of rotatable bonds is 5. The predicted molar refractivity (Wildman–Crippen MR) is 109 cm³/mol. The van der Waals surface area contributed by atoms with Crippen molar-refractivity contribution in [2.75, 3.05) is 13.1 Å². The van der Waals surface area contributed by atoms with Gasteiger partial charge < -0.3 is 9.73 Å². The standard InChI is InChI=1S/C21H20N4O4S/c22-12-15-6-9-25(10-7-15)30(27,28)18-3-1-16(2-4-18)13-24-21(26)19-11-17-5-8-23-14-20(17)29-19/h1-5,8,11,14-15H,6-7,9-10,13H2,(H,24,26). The Hall–Kier alpha value is -3.22. The van der Waals surface area contributed by atoms with Gasteiger partial charge in [0.05, 0.1) is 17.2 Å². The van der Waals surface area contributed by atoms with E-state index in [9.17, 15) is 13.2 Å². The van der Waals surface area contributed by atoms with Gasteiger partial charge in [-0.1, -0.05) is 12.1 Å². The summed E-state index contributed by atoms with van der Waals surface area (Å²) in [6, 6.07) is 12.1. The molecule has 1 fully saturated rings. The van der Waals surface area contributed by atoms with Crippen LogP contribution in [0.25, 0.3) is 11.0 Å². The number of benzene rings is 1. The van der Waals surface area contributed by atoms with Crippen LogP contribution in [0.15, 0.2) is 58.1 Å². The maximum Gasteiger partial charge on any atom is 0.287 e. The molecule has 1 aromatic carbocycles. The van der Waals surface area contributed by atoms with Gasteiger partial charge in [-0.25, -0.2) is 8.42 Å². The maximum absolute atomic E-state index is 12.8. The van der Waals surface area contributed by atoms with Crippen LogP contribution in [0, 0.1) is 17.2 Å². The molecule has 1 saturated heterocycles. The van der Waals surface area contributed by atoms with Crippen molar-refractivity contribution >= 4 is 26.9 Å². The average molecular weight is 424 g/mol. The van der Waals surface area contributed by atoms with Crippen molar-refractivity contribution in [3.05, 3.63) is 60.1 Å². The molecule has 0 aliphatic carbocycles. The van der Waals surface area contributed by atoms with E-state index in [4.69, 9.17) is 9.68 Å². The van der Waals surface area contributed by atoms with Crippen molar-refractivity contribution in [2.45, 2.75) is 24.3 Å². The summed E-state index contributed by atoms with van der Waals surface area (Å²) >= 11 is 0. The molecule has 0 saturated carbocycles. The topological polar surface area (TPSA) is 116 Å². The molecule has 2 aromatic heterocycles. The summed E-state index contributed by atoms with van der Waals surface area (Å²) in [6.45, 7) is 0.943. The maximum atomic E-state index is 12.8. The van der Waals surface area contributed by atoms with Gasteiger partial charge in [-0.15, -0.1) is 0 Å². The fraction of sp³-hybridized carbons (Fsp3) is 0.286. The lowest BCUT2D eigenvalue weighted by Crippen LogP contribution is -2.38. The molecule has 4 rings (SSSR count). The molecule has 0 unspecified atom stereocenters. The minimum absolute atomic E-state index is 0.0783. The average Bonchev–Trinajstić information content (AvgIpc) is 3.22. The molecule has 0 bridgehead atoms. The number of nitrogens with zero attached hydrogens (tertiary/aromatic N) is 3. The quantitative estimate of drug-likeness (QED) is 0.673. The minimum Gasteiger partial charge on any atom is -0.449 e. The summed E-state index contributed by atoms with van der Waals surface area (Å²) in [5.41, 5.74) is 1.30. The first-order valence-corrected chi connectivity index (χ1v) is 11.0. The molecule has 3 heterocycles. The van der Waals surface area contributed by atoms with Gasteiger partial charge in [-0.2, -0.15) is 9.57 Å². The summed E-state index contributed by atoms with van der Waals surface area (Å²) in [5, 5.41) is 12.5. The molecule has 1 amide bonds. The van der Waals surface area contributed by atoms with Gasteiger partial charge in [0.25, 0.3) is 5.91 Å². The molecule has 3 aromatic rings. The molecule has 0 spiro atoms. The number of piperidine rings is 1. The lowest BCUT2D eigenvalue weighted by Gasteiger charge is -2.28. The number of nitrogens with one attached hydrogen (secondary N) is 1. The molecule has 0 atom stereocenters.